The van der Waals surface area contributed by atoms with Gasteiger partial charge in [0.25, 0.3) is 0 Å². The van der Waals surface area contributed by atoms with Crippen molar-refractivity contribution < 1.29 is 9.90 Å². The molecule has 0 aromatic carbocycles. The molecule has 5 nitrogen and oxygen atoms in total. The maximum Gasteiger partial charge on any atom is 0.172 e. The van der Waals surface area contributed by atoms with Crippen LogP contribution in [0.4, 0.5) is 0 Å². The fourth-order valence-corrected chi connectivity index (χ4v) is 1.36. The van der Waals surface area contributed by atoms with Crippen LogP contribution in [0.15, 0.2) is 0 Å². The summed E-state index contributed by atoms with van der Waals surface area (Å²) in [6.45, 7) is 5.75. The predicted octanol–water partition coefficient (Wildman–Crippen LogP) is 0.767. The number of aliphatic hydroxyl groups is 1. The van der Waals surface area contributed by atoms with E-state index in [4.69, 9.17) is 5.11 Å². The quantitative estimate of drug-likeness (QED) is 0.724. The van der Waals surface area contributed by atoms with Gasteiger partial charge in [0.1, 0.15) is 5.69 Å². The smallest absolute Gasteiger partial charge is 0.172 e. The first-order chi connectivity index (χ1) is 6.61. The van der Waals surface area contributed by atoms with Gasteiger partial charge in [0.2, 0.25) is 0 Å². The fourth-order valence-electron chi connectivity index (χ4n) is 1.36. The number of hydrogen-bond acceptors (Lipinski definition) is 4. The predicted molar refractivity (Wildman–Crippen MR) is 51.3 cm³/mol. The minimum absolute atomic E-state index is 0.0125. The Kier molecular flexibility index (Phi) is 3.35. The number of carbonyl (C=O) groups excluding carboxylic acids is 1. The molecule has 1 N–H and O–H groups in total. The number of nitrogens with zero attached hydrogens (tertiary/aromatic N) is 3. The van der Waals surface area contributed by atoms with Gasteiger partial charge in [-0.25, -0.2) is 4.68 Å². The molecule has 0 saturated heterocycles. The molecule has 1 atom stereocenters. The molecule has 1 unspecified atom stereocenters. The van der Waals surface area contributed by atoms with Gasteiger partial charge < -0.3 is 5.11 Å². The normalized spacial score (nSPS) is 13.2. The molecular formula is C9H15N3O2. The topological polar surface area (TPSA) is 68.0 Å². The lowest BCUT2D eigenvalue weighted by Crippen LogP contribution is -2.15. The van der Waals surface area contributed by atoms with E-state index in [0.717, 1.165) is 5.69 Å². The number of aromatic nitrogens is 3. The van der Waals surface area contributed by atoms with E-state index in [1.807, 2.05) is 20.8 Å². The SMILES string of the molecule is CC(C)c1c(C=O)nnn1C(C)CO. The molecule has 0 aliphatic carbocycles. The molecule has 78 valence electrons. The molecule has 0 amide bonds. The van der Waals surface area contributed by atoms with Crippen LogP contribution in [0.5, 0.6) is 0 Å². The third-order valence-electron chi connectivity index (χ3n) is 2.10. The maximum atomic E-state index is 10.7. The zero-order chi connectivity index (χ0) is 10.7. The van der Waals surface area contributed by atoms with Crippen LogP contribution in [0, 0.1) is 0 Å². The summed E-state index contributed by atoms with van der Waals surface area (Å²) in [7, 11) is 0. The summed E-state index contributed by atoms with van der Waals surface area (Å²) in [4.78, 5) is 10.7. The Bertz CT molecular complexity index is 320. The van der Waals surface area contributed by atoms with Crippen molar-refractivity contribution in [3.8, 4) is 0 Å². The summed E-state index contributed by atoms with van der Waals surface area (Å²) >= 11 is 0. The molecule has 0 saturated carbocycles. The lowest BCUT2D eigenvalue weighted by Gasteiger charge is -2.14. The first kappa shape index (κ1) is 10.8. The van der Waals surface area contributed by atoms with Gasteiger partial charge in [0, 0.05) is 0 Å². The van der Waals surface area contributed by atoms with Crippen molar-refractivity contribution in [1.29, 1.82) is 0 Å². The van der Waals surface area contributed by atoms with Crippen molar-refractivity contribution in [2.45, 2.75) is 32.7 Å². The molecule has 1 aromatic rings. The summed E-state index contributed by atoms with van der Waals surface area (Å²) in [5, 5.41) is 16.6. The molecule has 0 spiro atoms. The van der Waals surface area contributed by atoms with Gasteiger partial charge >= 0.3 is 0 Å². The summed E-state index contributed by atoms with van der Waals surface area (Å²) in [5.74, 6) is 0.166. The minimum Gasteiger partial charge on any atom is -0.394 e. The summed E-state index contributed by atoms with van der Waals surface area (Å²) < 4.78 is 1.61. The van der Waals surface area contributed by atoms with Crippen LogP contribution in [0.2, 0.25) is 0 Å². The molecule has 0 bridgehead atoms. The average molecular weight is 197 g/mol. The van der Waals surface area contributed by atoms with E-state index in [2.05, 4.69) is 10.3 Å². The van der Waals surface area contributed by atoms with Gasteiger partial charge in [-0.2, -0.15) is 0 Å². The Morgan fingerprint density at radius 3 is 2.57 bits per heavy atom. The number of carbonyl (C=O) groups is 1. The number of hydrogen-bond donors (Lipinski definition) is 1. The highest BCUT2D eigenvalue weighted by Gasteiger charge is 2.18. The molecular weight excluding hydrogens is 182 g/mol. The van der Waals surface area contributed by atoms with Crippen LogP contribution in [0.1, 0.15) is 48.9 Å². The van der Waals surface area contributed by atoms with E-state index in [1.165, 1.54) is 0 Å². The highest BCUT2D eigenvalue weighted by molar-refractivity contribution is 5.73. The van der Waals surface area contributed by atoms with Crippen molar-refractivity contribution >= 4 is 6.29 Å². The van der Waals surface area contributed by atoms with E-state index in [9.17, 15) is 4.79 Å². The first-order valence-electron chi connectivity index (χ1n) is 4.62. The first-order valence-corrected chi connectivity index (χ1v) is 4.62. The van der Waals surface area contributed by atoms with Gasteiger partial charge in [0.05, 0.1) is 18.3 Å². The molecule has 0 aliphatic rings. The van der Waals surface area contributed by atoms with Gasteiger partial charge in [-0.15, -0.1) is 5.10 Å². The molecule has 1 heterocycles. The second-order valence-electron chi connectivity index (χ2n) is 3.61. The highest BCUT2D eigenvalue weighted by atomic mass is 16.3. The summed E-state index contributed by atoms with van der Waals surface area (Å²) in [5.41, 5.74) is 1.14. The molecule has 0 aliphatic heterocycles. The van der Waals surface area contributed by atoms with Gasteiger partial charge in [-0.05, 0) is 12.8 Å². The fraction of sp³-hybridized carbons (Fsp3) is 0.667. The molecule has 0 fully saturated rings. The zero-order valence-electron chi connectivity index (χ0n) is 8.64. The van der Waals surface area contributed by atoms with Crippen molar-refractivity contribution in [2.75, 3.05) is 6.61 Å². The van der Waals surface area contributed by atoms with Crippen molar-refractivity contribution in [3.63, 3.8) is 0 Å². The maximum absolute atomic E-state index is 10.7. The lowest BCUT2D eigenvalue weighted by molar-refractivity contribution is 0.111. The number of aldehydes is 1. The van der Waals surface area contributed by atoms with Crippen LogP contribution in [0.3, 0.4) is 0 Å². The minimum atomic E-state index is -0.145. The Morgan fingerprint density at radius 2 is 2.14 bits per heavy atom. The Morgan fingerprint density at radius 1 is 1.50 bits per heavy atom. The van der Waals surface area contributed by atoms with Crippen molar-refractivity contribution in [3.05, 3.63) is 11.4 Å². The van der Waals surface area contributed by atoms with Crippen LogP contribution < -0.4 is 0 Å². The van der Waals surface area contributed by atoms with Gasteiger partial charge in [-0.1, -0.05) is 19.1 Å². The average Bonchev–Trinajstić information content (AvgIpc) is 2.59. The second kappa shape index (κ2) is 4.32. The van der Waals surface area contributed by atoms with E-state index in [1.54, 1.807) is 4.68 Å². The number of rotatable bonds is 4. The van der Waals surface area contributed by atoms with E-state index < -0.39 is 0 Å². The molecule has 1 aromatic heterocycles. The molecule has 0 radical (unpaired) electrons. The van der Waals surface area contributed by atoms with E-state index >= 15 is 0 Å². The standard InChI is InChI=1S/C9H15N3O2/c1-6(2)9-8(5-14)10-11-12(9)7(3)4-13/h5-7,13H,4H2,1-3H3. The number of aliphatic hydroxyl groups excluding tert-OH is 1. The van der Waals surface area contributed by atoms with Crippen LogP contribution in [0.25, 0.3) is 0 Å². The van der Waals surface area contributed by atoms with Crippen LogP contribution in [-0.2, 0) is 0 Å². The Hall–Kier alpha value is -1.23. The van der Waals surface area contributed by atoms with Gasteiger partial charge in [0.15, 0.2) is 6.29 Å². The monoisotopic (exact) mass is 197 g/mol. The molecule has 14 heavy (non-hydrogen) atoms. The van der Waals surface area contributed by atoms with Crippen molar-refractivity contribution in [1.82, 2.24) is 15.0 Å². The Balaban J connectivity index is 3.16. The van der Waals surface area contributed by atoms with Gasteiger partial charge in [-0.3, -0.25) is 4.79 Å². The highest BCUT2D eigenvalue weighted by Crippen LogP contribution is 2.19. The Labute approximate surface area is 82.7 Å². The third kappa shape index (κ3) is 1.82. The summed E-state index contributed by atoms with van der Waals surface area (Å²) in [6.07, 6.45) is 0.697. The zero-order valence-corrected chi connectivity index (χ0v) is 8.64. The molecule has 5 heteroatoms. The largest absolute Gasteiger partial charge is 0.394 e. The van der Waals surface area contributed by atoms with Crippen LogP contribution in [-0.4, -0.2) is 33.0 Å². The van der Waals surface area contributed by atoms with Crippen molar-refractivity contribution in [2.24, 2.45) is 0 Å². The lowest BCUT2D eigenvalue weighted by atomic mass is 10.1. The summed E-state index contributed by atoms with van der Waals surface area (Å²) in [6, 6.07) is -0.145. The second-order valence-corrected chi connectivity index (χ2v) is 3.61. The molecule has 1 rings (SSSR count). The van der Waals surface area contributed by atoms with E-state index in [0.29, 0.717) is 12.0 Å². The van der Waals surface area contributed by atoms with E-state index in [-0.39, 0.29) is 18.6 Å². The van der Waals surface area contributed by atoms with Crippen LogP contribution >= 0.6 is 0 Å². The third-order valence-corrected chi connectivity index (χ3v) is 2.10.